The molecule has 0 spiro atoms. The van der Waals surface area contributed by atoms with Crippen molar-refractivity contribution in [1.29, 1.82) is 0 Å². The quantitative estimate of drug-likeness (QED) is 0.670. The zero-order chi connectivity index (χ0) is 8.27. The van der Waals surface area contributed by atoms with Gasteiger partial charge in [-0.25, -0.2) is 4.98 Å². The average molecular weight is 192 g/mol. The Hall–Kier alpha value is -0.610. The molecule has 60 valence electrons. The van der Waals surface area contributed by atoms with Crippen molar-refractivity contribution in [2.75, 3.05) is 0 Å². The van der Waals surface area contributed by atoms with Gasteiger partial charge >= 0.3 is 5.97 Å². The summed E-state index contributed by atoms with van der Waals surface area (Å²) >= 11 is 7.00. The zero-order valence-corrected chi connectivity index (χ0v) is 7.41. The lowest BCUT2D eigenvalue weighted by atomic mass is 10.6. The number of ether oxygens (including phenoxy) is 1. The van der Waals surface area contributed by atoms with Crippen molar-refractivity contribution in [2.45, 2.75) is 13.5 Å². The molecule has 0 aliphatic rings. The fourth-order valence-corrected chi connectivity index (χ4v) is 1.37. The van der Waals surface area contributed by atoms with E-state index in [0.717, 1.165) is 4.88 Å². The first kappa shape index (κ1) is 8.49. The Kier molecular flexibility index (Phi) is 2.84. The maximum absolute atomic E-state index is 10.4. The van der Waals surface area contributed by atoms with Crippen molar-refractivity contribution in [2.24, 2.45) is 0 Å². The van der Waals surface area contributed by atoms with Crippen LogP contribution in [0.25, 0.3) is 0 Å². The molecule has 1 heterocycles. The lowest BCUT2D eigenvalue weighted by molar-refractivity contribution is -0.142. The van der Waals surface area contributed by atoms with Crippen LogP contribution in [0.1, 0.15) is 11.8 Å². The number of thiazole rings is 1. The predicted molar refractivity (Wildman–Crippen MR) is 42.6 cm³/mol. The Morgan fingerprint density at radius 2 is 2.64 bits per heavy atom. The van der Waals surface area contributed by atoms with E-state index in [4.69, 9.17) is 16.3 Å². The highest BCUT2D eigenvalue weighted by Crippen LogP contribution is 2.18. The second-order valence-corrected chi connectivity index (χ2v) is 3.14. The van der Waals surface area contributed by atoms with Crippen LogP contribution in [-0.2, 0) is 16.1 Å². The van der Waals surface area contributed by atoms with Gasteiger partial charge in [-0.3, -0.25) is 4.79 Å². The topological polar surface area (TPSA) is 39.2 Å². The maximum Gasteiger partial charge on any atom is 0.302 e. The molecule has 1 aromatic heterocycles. The number of aromatic nitrogens is 1. The number of hydrogen-bond acceptors (Lipinski definition) is 4. The van der Waals surface area contributed by atoms with E-state index in [0.29, 0.717) is 5.15 Å². The Morgan fingerprint density at radius 3 is 3.09 bits per heavy atom. The van der Waals surface area contributed by atoms with Crippen molar-refractivity contribution in [3.63, 3.8) is 0 Å². The lowest BCUT2D eigenvalue weighted by Crippen LogP contribution is -1.97. The second kappa shape index (κ2) is 3.69. The zero-order valence-electron chi connectivity index (χ0n) is 5.83. The van der Waals surface area contributed by atoms with Crippen molar-refractivity contribution in [3.05, 3.63) is 15.5 Å². The summed E-state index contributed by atoms with van der Waals surface area (Å²) < 4.78 is 4.71. The minimum absolute atomic E-state index is 0.221. The van der Waals surface area contributed by atoms with Gasteiger partial charge in [0.05, 0.1) is 10.4 Å². The van der Waals surface area contributed by atoms with Gasteiger partial charge in [-0.2, -0.15) is 0 Å². The first-order chi connectivity index (χ1) is 5.20. The number of carbonyl (C=O) groups is 1. The molecule has 1 rings (SSSR count). The molecule has 11 heavy (non-hydrogen) atoms. The Balaban J connectivity index is 2.51. The van der Waals surface area contributed by atoms with Crippen LogP contribution in [0.4, 0.5) is 0 Å². The molecule has 0 fully saturated rings. The van der Waals surface area contributed by atoms with Crippen LogP contribution in [0.3, 0.4) is 0 Å². The summed E-state index contributed by atoms with van der Waals surface area (Å²) in [5.41, 5.74) is 1.61. The van der Waals surface area contributed by atoms with Crippen LogP contribution in [0, 0.1) is 0 Å². The molecule has 0 aliphatic heterocycles. The van der Waals surface area contributed by atoms with E-state index in [2.05, 4.69) is 4.98 Å². The van der Waals surface area contributed by atoms with Crippen molar-refractivity contribution >= 4 is 28.9 Å². The lowest BCUT2D eigenvalue weighted by Gasteiger charge is -1.97. The summed E-state index contributed by atoms with van der Waals surface area (Å²) in [4.78, 5) is 14.9. The van der Waals surface area contributed by atoms with Gasteiger partial charge in [-0.1, -0.05) is 11.6 Å². The summed E-state index contributed by atoms with van der Waals surface area (Å²) in [6.45, 7) is 1.58. The monoisotopic (exact) mass is 191 g/mol. The molecule has 0 saturated carbocycles. The van der Waals surface area contributed by atoms with E-state index in [1.165, 1.54) is 18.3 Å². The Labute approximate surface area is 73.0 Å². The molecule has 1 aromatic rings. The summed E-state index contributed by atoms with van der Waals surface area (Å²) in [6, 6.07) is 0. The molecule has 0 bridgehead atoms. The largest absolute Gasteiger partial charge is 0.460 e. The summed E-state index contributed by atoms with van der Waals surface area (Å²) in [7, 11) is 0. The predicted octanol–water partition coefficient (Wildman–Crippen LogP) is 1.86. The molecule has 0 N–H and O–H groups in total. The highest BCUT2D eigenvalue weighted by Gasteiger charge is 2.03. The van der Waals surface area contributed by atoms with E-state index >= 15 is 0 Å². The SMILES string of the molecule is CC(=O)OCc1scnc1Cl. The highest BCUT2D eigenvalue weighted by molar-refractivity contribution is 7.10. The minimum Gasteiger partial charge on any atom is -0.460 e. The number of nitrogens with zero attached hydrogens (tertiary/aromatic N) is 1. The van der Waals surface area contributed by atoms with Crippen molar-refractivity contribution < 1.29 is 9.53 Å². The van der Waals surface area contributed by atoms with Gasteiger partial charge in [0.15, 0.2) is 0 Å². The standard InChI is InChI=1S/C6H6ClNO2S/c1-4(9)10-2-5-6(7)8-3-11-5/h3H,2H2,1H3. The molecule has 0 unspecified atom stereocenters. The summed E-state index contributed by atoms with van der Waals surface area (Å²) in [6.07, 6.45) is 0. The maximum atomic E-state index is 10.4. The molecule has 0 aliphatic carbocycles. The van der Waals surface area contributed by atoms with Crippen LogP contribution in [0.2, 0.25) is 5.15 Å². The third kappa shape index (κ3) is 2.48. The molecular formula is C6H6ClNO2S. The number of hydrogen-bond donors (Lipinski definition) is 0. The summed E-state index contributed by atoms with van der Waals surface area (Å²) in [5.74, 6) is -0.311. The molecule has 0 amide bonds. The Bertz CT molecular complexity index is 261. The van der Waals surface area contributed by atoms with Crippen molar-refractivity contribution in [3.8, 4) is 0 Å². The van der Waals surface area contributed by atoms with Crippen LogP contribution in [0.15, 0.2) is 5.51 Å². The van der Waals surface area contributed by atoms with E-state index < -0.39 is 0 Å². The van der Waals surface area contributed by atoms with Gasteiger partial charge in [0.1, 0.15) is 11.8 Å². The number of carbonyl (C=O) groups excluding carboxylic acids is 1. The van der Waals surface area contributed by atoms with E-state index in [-0.39, 0.29) is 12.6 Å². The van der Waals surface area contributed by atoms with Gasteiger partial charge in [-0.15, -0.1) is 11.3 Å². The van der Waals surface area contributed by atoms with E-state index in [9.17, 15) is 4.79 Å². The molecule has 5 heteroatoms. The smallest absolute Gasteiger partial charge is 0.302 e. The third-order valence-corrected chi connectivity index (χ3v) is 2.24. The molecule has 0 aromatic carbocycles. The van der Waals surface area contributed by atoms with E-state index in [1.54, 1.807) is 5.51 Å². The molecule has 0 saturated heterocycles. The molecule has 0 atom stereocenters. The van der Waals surface area contributed by atoms with Gasteiger partial charge in [0.25, 0.3) is 0 Å². The second-order valence-electron chi connectivity index (χ2n) is 1.85. The van der Waals surface area contributed by atoms with Crippen LogP contribution in [-0.4, -0.2) is 11.0 Å². The van der Waals surface area contributed by atoms with Gasteiger partial charge in [-0.05, 0) is 0 Å². The van der Waals surface area contributed by atoms with Crippen LogP contribution >= 0.6 is 22.9 Å². The number of esters is 1. The normalized spacial score (nSPS) is 9.64. The fraction of sp³-hybridized carbons (Fsp3) is 0.333. The molecular weight excluding hydrogens is 186 g/mol. The molecule has 3 nitrogen and oxygen atoms in total. The van der Waals surface area contributed by atoms with Gasteiger partial charge in [0.2, 0.25) is 0 Å². The first-order valence-electron chi connectivity index (χ1n) is 2.91. The Morgan fingerprint density at radius 1 is 1.91 bits per heavy atom. The van der Waals surface area contributed by atoms with Crippen molar-refractivity contribution in [1.82, 2.24) is 4.98 Å². The first-order valence-corrected chi connectivity index (χ1v) is 4.17. The van der Waals surface area contributed by atoms with Crippen LogP contribution in [0.5, 0.6) is 0 Å². The minimum atomic E-state index is -0.311. The van der Waals surface area contributed by atoms with Crippen LogP contribution < -0.4 is 0 Å². The summed E-state index contributed by atoms with van der Waals surface area (Å²) in [5, 5.41) is 0.413. The third-order valence-electron chi connectivity index (χ3n) is 0.998. The van der Waals surface area contributed by atoms with E-state index in [1.807, 2.05) is 0 Å². The van der Waals surface area contributed by atoms with Gasteiger partial charge < -0.3 is 4.74 Å². The number of halogens is 1. The van der Waals surface area contributed by atoms with Gasteiger partial charge in [0, 0.05) is 6.92 Å². The number of rotatable bonds is 2. The average Bonchev–Trinajstić information content (AvgIpc) is 2.31. The fourth-order valence-electron chi connectivity index (χ4n) is 0.518. The molecule has 0 radical (unpaired) electrons. The highest BCUT2D eigenvalue weighted by atomic mass is 35.5.